The number of benzene rings is 1. The van der Waals surface area contributed by atoms with Crippen LogP contribution in [0.5, 0.6) is 0 Å². The predicted molar refractivity (Wildman–Crippen MR) is 112 cm³/mol. The van der Waals surface area contributed by atoms with E-state index in [0.29, 0.717) is 52.7 Å². The summed E-state index contributed by atoms with van der Waals surface area (Å²) in [4.78, 5) is 30.8. The fraction of sp³-hybridized carbons (Fsp3) is 0.500. The quantitative estimate of drug-likeness (QED) is 0.580. The number of carbonyl (C=O) groups is 2. The lowest BCUT2D eigenvalue weighted by molar-refractivity contribution is -0.139. The molecule has 28 heavy (non-hydrogen) atoms. The summed E-state index contributed by atoms with van der Waals surface area (Å²) < 4.78 is 5.43. The number of ether oxygens (including phenoxy) is 1. The van der Waals surface area contributed by atoms with Crippen molar-refractivity contribution >= 4 is 40.7 Å². The standard InChI is InChI=1S/C22H25Cl2NO3/c1-5-9-28-21(27)17-12(2)25-15-10-22(3,4)11-16(26)19(15)18(17)13-7-6-8-14(23)20(13)24/h6-8,18-19H,5,9-11H2,1-4H3/t18-,19-/m1/s1. The van der Waals surface area contributed by atoms with Crippen molar-refractivity contribution in [2.45, 2.75) is 52.9 Å². The number of fused-ring (bicyclic) bond motifs is 1. The predicted octanol–water partition coefficient (Wildman–Crippen LogP) is 5.76. The minimum absolute atomic E-state index is 0.0735. The summed E-state index contributed by atoms with van der Waals surface area (Å²) in [6, 6.07) is 5.31. The Morgan fingerprint density at radius 1 is 1.25 bits per heavy atom. The Bertz CT molecular complexity index is 886. The number of hydrogen-bond donors (Lipinski definition) is 0. The van der Waals surface area contributed by atoms with Gasteiger partial charge in [0, 0.05) is 23.7 Å². The topological polar surface area (TPSA) is 55.7 Å². The van der Waals surface area contributed by atoms with Crippen LogP contribution in [0.1, 0.15) is 58.4 Å². The monoisotopic (exact) mass is 421 g/mol. The van der Waals surface area contributed by atoms with Crippen molar-refractivity contribution < 1.29 is 14.3 Å². The van der Waals surface area contributed by atoms with Gasteiger partial charge < -0.3 is 4.74 Å². The number of Topliss-reactive ketones (excluding diaryl/α,β-unsaturated/α-hetero) is 1. The number of aliphatic imine (C=N–C) groups is 1. The summed E-state index contributed by atoms with van der Waals surface area (Å²) in [7, 11) is 0. The summed E-state index contributed by atoms with van der Waals surface area (Å²) in [6.45, 7) is 8.17. The van der Waals surface area contributed by atoms with Crippen LogP contribution in [-0.4, -0.2) is 24.1 Å². The van der Waals surface area contributed by atoms with Crippen LogP contribution in [0, 0.1) is 11.3 Å². The fourth-order valence-electron chi connectivity index (χ4n) is 4.23. The maximum absolute atomic E-state index is 13.2. The zero-order chi connectivity index (χ0) is 20.6. The molecule has 1 aliphatic carbocycles. The van der Waals surface area contributed by atoms with Gasteiger partial charge in [0.15, 0.2) is 0 Å². The molecule has 2 aliphatic rings. The first-order valence-corrected chi connectivity index (χ1v) is 10.3. The second-order valence-electron chi connectivity index (χ2n) is 8.32. The van der Waals surface area contributed by atoms with Gasteiger partial charge in [0.25, 0.3) is 0 Å². The number of esters is 1. The van der Waals surface area contributed by atoms with Gasteiger partial charge in [-0.25, -0.2) is 4.79 Å². The normalized spacial score (nSPS) is 23.9. The molecule has 0 saturated heterocycles. The van der Waals surface area contributed by atoms with Gasteiger partial charge in [-0.3, -0.25) is 9.79 Å². The summed E-state index contributed by atoms with van der Waals surface area (Å²) >= 11 is 12.8. The molecule has 1 heterocycles. The van der Waals surface area contributed by atoms with E-state index in [4.69, 9.17) is 27.9 Å². The molecule has 0 spiro atoms. The Labute approximate surface area is 176 Å². The van der Waals surface area contributed by atoms with Crippen LogP contribution in [0.15, 0.2) is 34.5 Å². The molecule has 0 N–H and O–H groups in total. The lowest BCUT2D eigenvalue weighted by Gasteiger charge is -2.41. The minimum Gasteiger partial charge on any atom is -0.462 e. The van der Waals surface area contributed by atoms with Gasteiger partial charge in [-0.2, -0.15) is 0 Å². The molecule has 2 atom stereocenters. The van der Waals surface area contributed by atoms with Crippen molar-refractivity contribution in [3.8, 4) is 0 Å². The number of halogens is 2. The molecule has 0 aromatic heterocycles. The van der Waals surface area contributed by atoms with Gasteiger partial charge in [0.2, 0.25) is 0 Å². The van der Waals surface area contributed by atoms with Gasteiger partial charge >= 0.3 is 5.97 Å². The molecule has 0 bridgehead atoms. The number of carbonyl (C=O) groups excluding carboxylic acids is 2. The van der Waals surface area contributed by atoms with E-state index in [9.17, 15) is 9.59 Å². The van der Waals surface area contributed by atoms with Crippen LogP contribution in [0.3, 0.4) is 0 Å². The first kappa shape index (κ1) is 21.1. The minimum atomic E-state index is -0.536. The van der Waals surface area contributed by atoms with Crippen LogP contribution < -0.4 is 0 Å². The molecule has 3 rings (SSSR count). The first-order valence-electron chi connectivity index (χ1n) is 9.58. The number of hydrogen-bond acceptors (Lipinski definition) is 4. The highest BCUT2D eigenvalue weighted by Gasteiger charge is 2.48. The van der Waals surface area contributed by atoms with Crippen LogP contribution in [-0.2, 0) is 14.3 Å². The third-order valence-corrected chi connectivity index (χ3v) is 6.17. The zero-order valence-electron chi connectivity index (χ0n) is 16.6. The van der Waals surface area contributed by atoms with Crippen molar-refractivity contribution in [1.29, 1.82) is 0 Å². The largest absolute Gasteiger partial charge is 0.462 e. The van der Waals surface area contributed by atoms with E-state index >= 15 is 0 Å². The van der Waals surface area contributed by atoms with Gasteiger partial charge in [-0.1, -0.05) is 56.1 Å². The second kappa shape index (κ2) is 8.00. The highest BCUT2D eigenvalue weighted by Crippen LogP contribution is 2.49. The molecule has 1 fully saturated rings. The van der Waals surface area contributed by atoms with Gasteiger partial charge in [0.05, 0.1) is 28.1 Å². The van der Waals surface area contributed by atoms with Crippen molar-refractivity contribution in [2.75, 3.05) is 6.61 Å². The van der Waals surface area contributed by atoms with Crippen molar-refractivity contribution in [2.24, 2.45) is 16.3 Å². The molecule has 1 aromatic carbocycles. The summed E-state index contributed by atoms with van der Waals surface area (Å²) in [5.41, 5.74) is 2.31. The van der Waals surface area contributed by atoms with E-state index in [1.165, 1.54) is 0 Å². The molecule has 1 aromatic rings. The average molecular weight is 422 g/mol. The smallest absolute Gasteiger partial charge is 0.336 e. The van der Waals surface area contributed by atoms with Crippen molar-refractivity contribution in [3.63, 3.8) is 0 Å². The molecule has 6 heteroatoms. The van der Waals surface area contributed by atoms with E-state index in [2.05, 4.69) is 18.8 Å². The molecule has 0 unspecified atom stereocenters. The van der Waals surface area contributed by atoms with E-state index in [1.807, 2.05) is 13.0 Å². The average Bonchev–Trinajstić information content (AvgIpc) is 2.59. The molecule has 0 amide bonds. The zero-order valence-corrected chi connectivity index (χ0v) is 18.2. The molecule has 1 saturated carbocycles. The second-order valence-corrected chi connectivity index (χ2v) is 9.11. The molecular weight excluding hydrogens is 397 g/mol. The lowest BCUT2D eigenvalue weighted by Crippen LogP contribution is -2.44. The number of nitrogens with zero attached hydrogens (tertiary/aromatic N) is 1. The van der Waals surface area contributed by atoms with Gasteiger partial charge in [0.1, 0.15) is 5.78 Å². The summed E-state index contributed by atoms with van der Waals surface area (Å²) in [5.74, 6) is -1.42. The molecular formula is C22H25Cl2NO3. The highest BCUT2D eigenvalue weighted by atomic mass is 35.5. The van der Waals surface area contributed by atoms with E-state index < -0.39 is 17.8 Å². The lowest BCUT2D eigenvalue weighted by atomic mass is 9.63. The van der Waals surface area contributed by atoms with E-state index in [0.717, 1.165) is 5.71 Å². The molecule has 4 nitrogen and oxygen atoms in total. The molecule has 0 radical (unpaired) electrons. The Morgan fingerprint density at radius 2 is 1.96 bits per heavy atom. The van der Waals surface area contributed by atoms with Crippen molar-refractivity contribution in [3.05, 3.63) is 45.1 Å². The Kier molecular flexibility index (Phi) is 6.02. The number of ketones is 1. The van der Waals surface area contributed by atoms with Crippen LogP contribution in [0.2, 0.25) is 10.0 Å². The Morgan fingerprint density at radius 3 is 2.64 bits per heavy atom. The van der Waals surface area contributed by atoms with Crippen LogP contribution >= 0.6 is 23.2 Å². The van der Waals surface area contributed by atoms with Crippen molar-refractivity contribution in [1.82, 2.24) is 0 Å². The third-order valence-electron chi connectivity index (χ3n) is 5.34. The highest BCUT2D eigenvalue weighted by molar-refractivity contribution is 6.42. The maximum Gasteiger partial charge on any atom is 0.336 e. The molecule has 150 valence electrons. The van der Waals surface area contributed by atoms with Gasteiger partial charge in [-0.15, -0.1) is 0 Å². The Hall–Kier alpha value is -1.65. The van der Waals surface area contributed by atoms with E-state index in [1.54, 1.807) is 19.1 Å². The number of allylic oxidation sites excluding steroid dienone is 1. The summed E-state index contributed by atoms with van der Waals surface area (Å²) in [6.07, 6.45) is 1.85. The third kappa shape index (κ3) is 3.90. The fourth-order valence-corrected chi connectivity index (χ4v) is 4.65. The van der Waals surface area contributed by atoms with Crippen LogP contribution in [0.4, 0.5) is 0 Å². The first-order chi connectivity index (χ1) is 13.2. The van der Waals surface area contributed by atoms with Crippen LogP contribution in [0.25, 0.3) is 0 Å². The van der Waals surface area contributed by atoms with Gasteiger partial charge in [-0.05, 0) is 36.8 Å². The SMILES string of the molecule is CCCOC(=O)C1=C(C)N=C2CC(C)(C)CC(=O)[C@@H]2[C@@H]1c1cccc(Cl)c1Cl. The molecule has 1 aliphatic heterocycles. The number of rotatable bonds is 4. The maximum atomic E-state index is 13.2. The Balaban J connectivity index is 2.19. The summed E-state index contributed by atoms with van der Waals surface area (Å²) in [5, 5.41) is 0.757. The van der Waals surface area contributed by atoms with E-state index in [-0.39, 0.29) is 11.2 Å².